The number of hydrogen-bond acceptors (Lipinski definition) is 4. The Kier molecular flexibility index (Phi) is 5.49. The number of ether oxygens (including phenoxy) is 1. The first kappa shape index (κ1) is 16.5. The molecule has 2 aromatic carbocycles. The van der Waals surface area contributed by atoms with Crippen molar-refractivity contribution in [2.45, 2.75) is 20.0 Å². The Bertz CT molecular complexity index is 679. The van der Waals surface area contributed by atoms with E-state index in [1.165, 1.54) is 11.3 Å². The van der Waals surface area contributed by atoms with E-state index in [9.17, 15) is 4.79 Å². The van der Waals surface area contributed by atoms with Gasteiger partial charge in [-0.15, -0.1) is 0 Å². The minimum atomic E-state index is -0.264. The molecular weight excluding hydrogens is 300 g/mol. The third-order valence-electron chi connectivity index (χ3n) is 4.37. The molecule has 1 fully saturated rings. The smallest absolute Gasteiger partial charge is 0.338 e. The van der Waals surface area contributed by atoms with Crippen LogP contribution in [0.15, 0.2) is 48.5 Å². The van der Waals surface area contributed by atoms with Gasteiger partial charge in [-0.25, -0.2) is 4.79 Å². The number of nitrogens with zero attached hydrogens (tertiary/aromatic N) is 1. The van der Waals surface area contributed by atoms with Crippen LogP contribution in [-0.4, -0.2) is 32.1 Å². The SMILES string of the molecule is CCc1cc(C(=O)OCc2ccccc2)ccc1N1CCNCC1. The van der Waals surface area contributed by atoms with Gasteiger partial charge in [-0.1, -0.05) is 37.3 Å². The second-order valence-electron chi connectivity index (χ2n) is 6.00. The predicted octanol–water partition coefficient (Wildman–Crippen LogP) is 3.02. The summed E-state index contributed by atoms with van der Waals surface area (Å²) in [7, 11) is 0. The molecule has 1 N–H and O–H groups in total. The van der Waals surface area contributed by atoms with Crippen LogP contribution in [0.1, 0.15) is 28.4 Å². The van der Waals surface area contributed by atoms with Crippen molar-refractivity contribution < 1.29 is 9.53 Å². The van der Waals surface area contributed by atoms with Gasteiger partial charge in [0.25, 0.3) is 0 Å². The van der Waals surface area contributed by atoms with Crippen molar-refractivity contribution in [2.75, 3.05) is 31.1 Å². The highest BCUT2D eigenvalue weighted by Crippen LogP contribution is 2.23. The van der Waals surface area contributed by atoms with Crippen LogP contribution < -0.4 is 10.2 Å². The van der Waals surface area contributed by atoms with E-state index in [0.717, 1.165) is 38.2 Å². The van der Waals surface area contributed by atoms with Crippen molar-refractivity contribution in [3.8, 4) is 0 Å². The van der Waals surface area contributed by atoms with Crippen LogP contribution >= 0.6 is 0 Å². The van der Waals surface area contributed by atoms with Gasteiger partial charge < -0.3 is 15.0 Å². The minimum absolute atomic E-state index is 0.264. The normalized spacial score (nSPS) is 14.5. The lowest BCUT2D eigenvalue weighted by Gasteiger charge is -2.31. The second kappa shape index (κ2) is 7.97. The van der Waals surface area contributed by atoms with Crippen LogP contribution in [0.4, 0.5) is 5.69 Å². The molecule has 0 bridgehead atoms. The third kappa shape index (κ3) is 3.95. The van der Waals surface area contributed by atoms with Gasteiger partial charge in [0, 0.05) is 31.9 Å². The molecule has 4 heteroatoms. The maximum Gasteiger partial charge on any atom is 0.338 e. The Morgan fingerprint density at radius 2 is 1.88 bits per heavy atom. The number of carbonyl (C=O) groups excluding carboxylic acids is 1. The Morgan fingerprint density at radius 1 is 1.12 bits per heavy atom. The van der Waals surface area contributed by atoms with E-state index in [2.05, 4.69) is 23.2 Å². The molecule has 0 aromatic heterocycles. The molecule has 2 aromatic rings. The lowest BCUT2D eigenvalue weighted by atomic mass is 10.0. The first-order valence-electron chi connectivity index (χ1n) is 8.57. The van der Waals surface area contributed by atoms with Crippen molar-refractivity contribution in [3.63, 3.8) is 0 Å². The van der Waals surface area contributed by atoms with Gasteiger partial charge >= 0.3 is 5.97 Å². The van der Waals surface area contributed by atoms with Gasteiger partial charge in [0.05, 0.1) is 5.56 Å². The molecule has 3 rings (SSSR count). The topological polar surface area (TPSA) is 41.6 Å². The average Bonchev–Trinajstić information content (AvgIpc) is 2.67. The van der Waals surface area contributed by atoms with Crippen LogP contribution in [0, 0.1) is 0 Å². The summed E-state index contributed by atoms with van der Waals surface area (Å²) < 4.78 is 5.44. The monoisotopic (exact) mass is 324 g/mol. The van der Waals surface area contributed by atoms with Gasteiger partial charge in [0.2, 0.25) is 0 Å². The maximum atomic E-state index is 12.3. The largest absolute Gasteiger partial charge is 0.457 e. The fourth-order valence-corrected chi connectivity index (χ4v) is 3.02. The Labute approximate surface area is 143 Å². The molecule has 4 nitrogen and oxygen atoms in total. The molecule has 0 saturated carbocycles. The Morgan fingerprint density at radius 3 is 2.58 bits per heavy atom. The summed E-state index contributed by atoms with van der Waals surface area (Å²) >= 11 is 0. The van der Waals surface area contributed by atoms with E-state index in [4.69, 9.17) is 4.74 Å². The number of esters is 1. The summed E-state index contributed by atoms with van der Waals surface area (Å²) in [5, 5.41) is 3.37. The summed E-state index contributed by atoms with van der Waals surface area (Å²) in [6.45, 7) is 6.45. The van der Waals surface area contributed by atoms with Crippen LogP contribution in [-0.2, 0) is 17.8 Å². The zero-order chi connectivity index (χ0) is 16.8. The minimum Gasteiger partial charge on any atom is -0.457 e. The molecule has 1 saturated heterocycles. The molecule has 1 aliphatic rings. The quantitative estimate of drug-likeness (QED) is 0.859. The number of rotatable bonds is 5. The van der Waals surface area contributed by atoms with Gasteiger partial charge in [0.1, 0.15) is 6.61 Å². The highest BCUT2D eigenvalue weighted by Gasteiger charge is 2.16. The molecule has 0 radical (unpaired) electrons. The van der Waals surface area contributed by atoms with Crippen molar-refractivity contribution in [2.24, 2.45) is 0 Å². The molecule has 0 atom stereocenters. The number of nitrogens with one attached hydrogen (secondary N) is 1. The molecular formula is C20H24N2O2. The van der Waals surface area contributed by atoms with Crippen molar-refractivity contribution in [1.29, 1.82) is 0 Å². The van der Waals surface area contributed by atoms with E-state index in [1.54, 1.807) is 0 Å². The molecule has 24 heavy (non-hydrogen) atoms. The van der Waals surface area contributed by atoms with E-state index < -0.39 is 0 Å². The van der Waals surface area contributed by atoms with E-state index in [1.807, 2.05) is 42.5 Å². The highest BCUT2D eigenvalue weighted by molar-refractivity contribution is 5.90. The molecule has 1 heterocycles. The van der Waals surface area contributed by atoms with Crippen LogP contribution in [0.5, 0.6) is 0 Å². The summed E-state index contributed by atoms with van der Waals surface area (Å²) in [6.07, 6.45) is 0.902. The number of aryl methyl sites for hydroxylation is 1. The zero-order valence-electron chi connectivity index (χ0n) is 14.1. The number of carbonyl (C=O) groups is 1. The van der Waals surface area contributed by atoms with Gasteiger partial charge in [-0.05, 0) is 35.7 Å². The Balaban J connectivity index is 1.70. The average molecular weight is 324 g/mol. The molecule has 126 valence electrons. The van der Waals surface area contributed by atoms with E-state index >= 15 is 0 Å². The molecule has 0 amide bonds. The molecule has 0 unspecified atom stereocenters. The van der Waals surface area contributed by atoms with E-state index in [0.29, 0.717) is 12.2 Å². The molecule has 1 aliphatic heterocycles. The number of hydrogen-bond donors (Lipinski definition) is 1. The van der Waals surface area contributed by atoms with Crippen molar-refractivity contribution in [1.82, 2.24) is 5.32 Å². The first-order valence-corrected chi connectivity index (χ1v) is 8.57. The fraction of sp³-hybridized carbons (Fsp3) is 0.350. The van der Waals surface area contributed by atoms with Gasteiger partial charge in [-0.3, -0.25) is 0 Å². The lowest BCUT2D eigenvalue weighted by Crippen LogP contribution is -2.43. The summed E-state index contributed by atoms with van der Waals surface area (Å²) in [5.74, 6) is -0.264. The Hall–Kier alpha value is -2.33. The summed E-state index contributed by atoms with van der Waals surface area (Å²) in [4.78, 5) is 14.7. The van der Waals surface area contributed by atoms with Crippen molar-refractivity contribution >= 4 is 11.7 Å². The predicted molar refractivity (Wildman–Crippen MR) is 96.5 cm³/mol. The van der Waals surface area contributed by atoms with Crippen LogP contribution in [0.2, 0.25) is 0 Å². The number of piperazine rings is 1. The standard InChI is InChI=1S/C20H24N2O2/c1-2-17-14-18(8-9-19(17)22-12-10-21-11-13-22)20(23)24-15-16-6-4-3-5-7-16/h3-9,14,21H,2,10-13,15H2,1H3. The van der Waals surface area contributed by atoms with Crippen LogP contribution in [0.25, 0.3) is 0 Å². The summed E-state index contributed by atoms with van der Waals surface area (Å²) in [5.41, 5.74) is 4.06. The van der Waals surface area contributed by atoms with E-state index in [-0.39, 0.29) is 5.97 Å². The second-order valence-corrected chi connectivity index (χ2v) is 6.00. The molecule has 0 spiro atoms. The van der Waals surface area contributed by atoms with Gasteiger partial charge in [-0.2, -0.15) is 0 Å². The van der Waals surface area contributed by atoms with Gasteiger partial charge in [0.15, 0.2) is 0 Å². The molecule has 0 aliphatic carbocycles. The number of benzene rings is 2. The summed E-state index contributed by atoms with van der Waals surface area (Å²) in [6, 6.07) is 15.7. The van der Waals surface area contributed by atoms with Crippen LogP contribution in [0.3, 0.4) is 0 Å². The number of anilines is 1. The zero-order valence-corrected chi connectivity index (χ0v) is 14.1. The lowest BCUT2D eigenvalue weighted by molar-refractivity contribution is 0.0472. The highest BCUT2D eigenvalue weighted by atomic mass is 16.5. The fourth-order valence-electron chi connectivity index (χ4n) is 3.02. The first-order chi connectivity index (χ1) is 11.8. The third-order valence-corrected chi connectivity index (χ3v) is 4.37. The van der Waals surface area contributed by atoms with Crippen molar-refractivity contribution in [3.05, 3.63) is 65.2 Å². The maximum absolute atomic E-state index is 12.3.